The van der Waals surface area contributed by atoms with Crippen LogP contribution in [0.5, 0.6) is 0 Å². The molecule has 5 nitrogen and oxygen atoms in total. The summed E-state index contributed by atoms with van der Waals surface area (Å²) in [6.07, 6.45) is 6.24. The van der Waals surface area contributed by atoms with Gasteiger partial charge in [0.05, 0.1) is 17.0 Å². The standard InChI is InChI=1S/C16H22Cl2N2O3S/c1-11(16(21)19-13-6-4-3-5-7-13)20(24(2,22)23)15-10-12(17)8-9-14(15)18/h8-11,13H,3-7H2,1-2H3,(H,19,21)/t11-/m1/s1. The minimum absolute atomic E-state index is 0.102. The fraction of sp³-hybridized carbons (Fsp3) is 0.562. The Morgan fingerprint density at radius 2 is 1.88 bits per heavy atom. The third-order valence-corrected chi connectivity index (χ3v) is 5.97. The summed E-state index contributed by atoms with van der Waals surface area (Å²) in [6.45, 7) is 1.55. The van der Waals surface area contributed by atoms with Crippen molar-refractivity contribution < 1.29 is 13.2 Å². The van der Waals surface area contributed by atoms with Crippen molar-refractivity contribution in [2.75, 3.05) is 10.6 Å². The van der Waals surface area contributed by atoms with Crippen molar-refractivity contribution in [2.24, 2.45) is 0 Å². The molecule has 8 heteroatoms. The van der Waals surface area contributed by atoms with Gasteiger partial charge in [0.1, 0.15) is 6.04 Å². The van der Waals surface area contributed by atoms with Crippen LogP contribution in [0.2, 0.25) is 10.0 Å². The Morgan fingerprint density at radius 1 is 1.25 bits per heavy atom. The number of rotatable bonds is 5. The maximum Gasteiger partial charge on any atom is 0.243 e. The van der Waals surface area contributed by atoms with Crippen LogP contribution in [0.15, 0.2) is 18.2 Å². The van der Waals surface area contributed by atoms with E-state index in [9.17, 15) is 13.2 Å². The highest BCUT2D eigenvalue weighted by atomic mass is 35.5. The van der Waals surface area contributed by atoms with E-state index in [4.69, 9.17) is 23.2 Å². The Bertz CT molecular complexity index is 703. The van der Waals surface area contributed by atoms with Crippen molar-refractivity contribution in [3.63, 3.8) is 0 Å². The molecular weight excluding hydrogens is 371 g/mol. The number of hydrogen-bond donors (Lipinski definition) is 1. The van der Waals surface area contributed by atoms with Crippen molar-refractivity contribution in [1.82, 2.24) is 5.32 Å². The highest BCUT2D eigenvalue weighted by molar-refractivity contribution is 7.92. The minimum Gasteiger partial charge on any atom is -0.352 e. The lowest BCUT2D eigenvalue weighted by molar-refractivity contribution is -0.122. The summed E-state index contributed by atoms with van der Waals surface area (Å²) in [5.74, 6) is -0.330. The van der Waals surface area contributed by atoms with E-state index in [1.165, 1.54) is 18.6 Å². The number of sulfonamides is 1. The second kappa shape index (κ2) is 7.93. The summed E-state index contributed by atoms with van der Waals surface area (Å²) in [4.78, 5) is 12.6. The lowest BCUT2D eigenvalue weighted by Crippen LogP contribution is -2.50. The predicted molar refractivity (Wildman–Crippen MR) is 98.3 cm³/mol. The van der Waals surface area contributed by atoms with Gasteiger partial charge in [-0.05, 0) is 38.0 Å². The fourth-order valence-corrected chi connectivity index (χ4v) is 4.61. The summed E-state index contributed by atoms with van der Waals surface area (Å²) < 4.78 is 25.6. The van der Waals surface area contributed by atoms with E-state index in [2.05, 4.69) is 5.32 Å². The van der Waals surface area contributed by atoms with Crippen LogP contribution in [-0.2, 0) is 14.8 Å². The third-order valence-electron chi connectivity index (χ3n) is 4.19. The molecule has 134 valence electrons. The van der Waals surface area contributed by atoms with E-state index in [1.54, 1.807) is 13.0 Å². The average molecular weight is 393 g/mol. The summed E-state index contributed by atoms with van der Waals surface area (Å²) in [6, 6.07) is 3.72. The first kappa shape index (κ1) is 19.3. The average Bonchev–Trinajstić information content (AvgIpc) is 2.50. The second-order valence-electron chi connectivity index (χ2n) is 6.17. The van der Waals surface area contributed by atoms with Crippen molar-refractivity contribution >= 4 is 44.8 Å². The molecule has 0 heterocycles. The molecule has 1 fully saturated rings. The second-order valence-corrected chi connectivity index (χ2v) is 8.88. The lowest BCUT2D eigenvalue weighted by Gasteiger charge is -2.31. The van der Waals surface area contributed by atoms with Gasteiger partial charge in [0.2, 0.25) is 15.9 Å². The highest BCUT2D eigenvalue weighted by Gasteiger charge is 2.31. The van der Waals surface area contributed by atoms with Crippen LogP contribution in [0, 0.1) is 0 Å². The zero-order chi connectivity index (χ0) is 17.9. The number of amides is 1. The summed E-state index contributed by atoms with van der Waals surface area (Å²) >= 11 is 12.1. The van der Waals surface area contributed by atoms with Gasteiger partial charge >= 0.3 is 0 Å². The summed E-state index contributed by atoms with van der Waals surface area (Å²) in [5, 5.41) is 3.53. The number of carbonyl (C=O) groups is 1. The molecular formula is C16H22Cl2N2O3S. The molecule has 1 N–H and O–H groups in total. The van der Waals surface area contributed by atoms with Gasteiger partial charge in [-0.3, -0.25) is 9.10 Å². The number of anilines is 1. The van der Waals surface area contributed by atoms with Gasteiger partial charge in [-0.1, -0.05) is 42.5 Å². The van der Waals surface area contributed by atoms with E-state index >= 15 is 0 Å². The maximum atomic E-state index is 12.6. The van der Waals surface area contributed by atoms with Gasteiger partial charge < -0.3 is 5.32 Å². The normalized spacial score (nSPS) is 17.3. The molecule has 0 aliphatic heterocycles. The topological polar surface area (TPSA) is 66.5 Å². The van der Waals surface area contributed by atoms with Crippen LogP contribution in [0.1, 0.15) is 39.0 Å². The predicted octanol–water partition coefficient (Wildman–Crippen LogP) is 3.60. The molecule has 0 bridgehead atoms. The molecule has 24 heavy (non-hydrogen) atoms. The Labute approximate surface area is 153 Å². The molecule has 1 aliphatic carbocycles. The number of nitrogens with zero attached hydrogens (tertiary/aromatic N) is 1. The van der Waals surface area contributed by atoms with E-state index in [0.29, 0.717) is 5.02 Å². The Hall–Kier alpha value is -0.980. The van der Waals surface area contributed by atoms with Gasteiger partial charge in [0.15, 0.2) is 0 Å². The summed E-state index contributed by atoms with van der Waals surface area (Å²) in [7, 11) is -3.71. The van der Waals surface area contributed by atoms with Crippen molar-refractivity contribution in [3.05, 3.63) is 28.2 Å². The van der Waals surface area contributed by atoms with Crippen LogP contribution in [0.25, 0.3) is 0 Å². The largest absolute Gasteiger partial charge is 0.352 e. The van der Waals surface area contributed by atoms with Gasteiger partial charge in [-0.15, -0.1) is 0 Å². The van der Waals surface area contributed by atoms with E-state index < -0.39 is 16.1 Å². The minimum atomic E-state index is -3.71. The monoisotopic (exact) mass is 392 g/mol. The first-order valence-electron chi connectivity index (χ1n) is 7.95. The molecule has 0 saturated heterocycles. The zero-order valence-corrected chi connectivity index (χ0v) is 16.1. The third kappa shape index (κ3) is 4.77. The van der Waals surface area contributed by atoms with Gasteiger partial charge in [0.25, 0.3) is 0 Å². The SMILES string of the molecule is C[C@H](C(=O)NC1CCCCC1)N(c1cc(Cl)ccc1Cl)S(C)(=O)=O. The molecule has 0 unspecified atom stereocenters. The van der Waals surface area contributed by atoms with Crippen LogP contribution >= 0.6 is 23.2 Å². The van der Waals surface area contributed by atoms with E-state index in [-0.39, 0.29) is 22.7 Å². The van der Waals surface area contributed by atoms with Crippen LogP contribution in [-0.4, -0.2) is 32.7 Å². The molecule has 1 amide bonds. The molecule has 1 aromatic carbocycles. The Kier molecular flexibility index (Phi) is 6.39. The molecule has 1 aromatic rings. The van der Waals surface area contributed by atoms with Crippen molar-refractivity contribution in [2.45, 2.75) is 51.1 Å². The first-order valence-corrected chi connectivity index (χ1v) is 10.6. The number of nitrogens with one attached hydrogen (secondary N) is 1. The summed E-state index contributed by atoms with van der Waals surface area (Å²) in [5.41, 5.74) is 0.206. The highest BCUT2D eigenvalue weighted by Crippen LogP contribution is 2.32. The van der Waals surface area contributed by atoms with Gasteiger partial charge in [0, 0.05) is 11.1 Å². The molecule has 2 rings (SSSR count). The van der Waals surface area contributed by atoms with Crippen molar-refractivity contribution in [1.29, 1.82) is 0 Å². The Balaban J connectivity index is 2.27. The molecule has 1 atom stereocenters. The zero-order valence-electron chi connectivity index (χ0n) is 13.8. The smallest absolute Gasteiger partial charge is 0.243 e. The molecule has 1 aliphatic rings. The van der Waals surface area contributed by atoms with Crippen LogP contribution in [0.4, 0.5) is 5.69 Å². The van der Waals surface area contributed by atoms with Gasteiger partial charge in [-0.2, -0.15) is 0 Å². The Morgan fingerprint density at radius 3 is 2.46 bits per heavy atom. The maximum absolute atomic E-state index is 12.6. The number of carbonyl (C=O) groups excluding carboxylic acids is 1. The molecule has 1 saturated carbocycles. The van der Waals surface area contributed by atoms with E-state index in [0.717, 1.165) is 36.2 Å². The number of hydrogen-bond acceptors (Lipinski definition) is 3. The van der Waals surface area contributed by atoms with E-state index in [1.807, 2.05) is 0 Å². The number of benzene rings is 1. The first-order chi connectivity index (χ1) is 11.2. The molecule has 0 aromatic heterocycles. The lowest BCUT2D eigenvalue weighted by atomic mass is 9.95. The molecule has 0 radical (unpaired) electrons. The van der Waals surface area contributed by atoms with Gasteiger partial charge in [-0.25, -0.2) is 8.42 Å². The quantitative estimate of drug-likeness (QED) is 0.831. The van der Waals surface area contributed by atoms with Crippen molar-refractivity contribution in [3.8, 4) is 0 Å². The fourth-order valence-electron chi connectivity index (χ4n) is 3.00. The van der Waals surface area contributed by atoms with Crippen LogP contribution in [0.3, 0.4) is 0 Å². The molecule has 0 spiro atoms. The van der Waals surface area contributed by atoms with Crippen LogP contribution < -0.4 is 9.62 Å². The number of halogens is 2.